The molecule has 1 heterocycles. The number of rotatable bonds is 1. The van der Waals surface area contributed by atoms with Crippen LogP contribution in [0.5, 0.6) is 0 Å². The Morgan fingerprint density at radius 3 is 2.89 bits per heavy atom. The van der Waals surface area contributed by atoms with E-state index in [1.807, 2.05) is 0 Å². The number of halogens is 1. The third kappa shape index (κ3) is 1.89. The quantitative estimate of drug-likeness (QED) is 0.383. The summed E-state index contributed by atoms with van der Waals surface area (Å²) >= 11 is 2.41. The van der Waals surface area contributed by atoms with E-state index in [-0.39, 0.29) is 0 Å². The lowest BCUT2D eigenvalue weighted by Gasteiger charge is -2.23. The van der Waals surface area contributed by atoms with Gasteiger partial charge in [-0.3, -0.25) is 4.99 Å². The summed E-state index contributed by atoms with van der Waals surface area (Å²) < 4.78 is 5.84. The molecule has 1 saturated heterocycles. The van der Waals surface area contributed by atoms with Crippen molar-refractivity contribution in [3.63, 3.8) is 0 Å². The van der Waals surface area contributed by atoms with Gasteiger partial charge in [0, 0.05) is 10.5 Å². The average molecular weight is 239 g/mol. The number of hydrogen-bond acceptors (Lipinski definition) is 2. The average Bonchev–Trinajstić information content (AvgIpc) is 1.89. The molecule has 0 aliphatic carbocycles. The third-order valence-corrected chi connectivity index (χ3v) is 2.93. The molecule has 0 spiro atoms. The highest BCUT2D eigenvalue weighted by Crippen LogP contribution is 2.18. The largest absolute Gasteiger partial charge is 0.379 e. The fourth-order valence-corrected chi connectivity index (χ4v) is 1.55. The summed E-state index contributed by atoms with van der Waals surface area (Å²) in [4.78, 5) is 3.95. The molecular formula is C6H10INO. The van der Waals surface area contributed by atoms with Crippen molar-refractivity contribution < 1.29 is 4.74 Å². The van der Waals surface area contributed by atoms with Gasteiger partial charge in [-0.15, -0.1) is 0 Å². The predicted molar refractivity (Wildman–Crippen MR) is 46.6 cm³/mol. The summed E-state index contributed by atoms with van der Waals surface area (Å²) in [7, 11) is 0. The highest BCUT2D eigenvalue weighted by molar-refractivity contribution is 14.1. The van der Waals surface area contributed by atoms with Gasteiger partial charge in [-0.1, -0.05) is 22.6 Å². The van der Waals surface area contributed by atoms with Gasteiger partial charge < -0.3 is 4.74 Å². The molecule has 9 heavy (non-hydrogen) atoms. The first-order valence-corrected chi connectivity index (χ1v) is 4.27. The second-order valence-electron chi connectivity index (χ2n) is 2.13. The van der Waals surface area contributed by atoms with E-state index in [9.17, 15) is 0 Å². The topological polar surface area (TPSA) is 21.6 Å². The molecule has 1 aliphatic rings. The van der Waals surface area contributed by atoms with Crippen LogP contribution in [0.2, 0.25) is 0 Å². The molecule has 0 radical (unpaired) electrons. The molecule has 0 aromatic heterocycles. The van der Waals surface area contributed by atoms with E-state index in [0.29, 0.717) is 9.97 Å². The maximum Gasteiger partial charge on any atom is 0.0843 e. The van der Waals surface area contributed by atoms with E-state index in [0.717, 1.165) is 19.6 Å². The number of hydrogen-bond donors (Lipinski definition) is 0. The van der Waals surface area contributed by atoms with Crippen molar-refractivity contribution in [1.82, 2.24) is 0 Å². The Morgan fingerprint density at radius 1 is 1.67 bits per heavy atom. The van der Waals surface area contributed by atoms with E-state index < -0.39 is 0 Å². The SMILES string of the molecule is C=N[C@H]1COCC[C@H]1I. The molecule has 2 nitrogen and oxygen atoms in total. The first kappa shape index (κ1) is 7.47. The number of aliphatic imine (C=N–C) groups is 1. The van der Waals surface area contributed by atoms with E-state index in [2.05, 4.69) is 34.3 Å². The van der Waals surface area contributed by atoms with Crippen molar-refractivity contribution in [2.24, 2.45) is 4.99 Å². The van der Waals surface area contributed by atoms with Crippen LogP contribution in [0.4, 0.5) is 0 Å². The molecule has 0 bridgehead atoms. The van der Waals surface area contributed by atoms with Crippen LogP contribution < -0.4 is 0 Å². The van der Waals surface area contributed by atoms with E-state index >= 15 is 0 Å². The van der Waals surface area contributed by atoms with Crippen LogP contribution in [-0.2, 0) is 4.74 Å². The molecule has 3 heteroatoms. The first-order chi connectivity index (χ1) is 4.34. The molecule has 1 rings (SSSR count). The molecule has 0 aromatic carbocycles. The van der Waals surface area contributed by atoms with Crippen LogP contribution in [0.3, 0.4) is 0 Å². The van der Waals surface area contributed by atoms with Crippen LogP contribution >= 0.6 is 22.6 Å². The zero-order valence-corrected chi connectivity index (χ0v) is 7.37. The van der Waals surface area contributed by atoms with Crippen LogP contribution in [0.25, 0.3) is 0 Å². The Balaban J connectivity index is 2.38. The van der Waals surface area contributed by atoms with Crippen molar-refractivity contribution in [1.29, 1.82) is 0 Å². The lowest BCUT2D eigenvalue weighted by Crippen LogP contribution is -2.30. The second-order valence-corrected chi connectivity index (χ2v) is 3.73. The number of nitrogens with zero attached hydrogens (tertiary/aromatic N) is 1. The minimum absolute atomic E-state index is 0.333. The van der Waals surface area contributed by atoms with Gasteiger partial charge in [0.1, 0.15) is 0 Å². The number of alkyl halides is 1. The second kappa shape index (κ2) is 3.51. The summed E-state index contributed by atoms with van der Waals surface area (Å²) in [5.41, 5.74) is 0. The Labute approximate surface area is 68.8 Å². The molecule has 2 atom stereocenters. The Bertz CT molecular complexity index is 107. The van der Waals surface area contributed by atoms with E-state index in [4.69, 9.17) is 4.74 Å². The van der Waals surface area contributed by atoms with Crippen molar-refractivity contribution in [2.45, 2.75) is 16.4 Å². The van der Waals surface area contributed by atoms with E-state index in [1.165, 1.54) is 0 Å². The van der Waals surface area contributed by atoms with Gasteiger partial charge in [0.15, 0.2) is 0 Å². The normalized spacial score (nSPS) is 36.1. The van der Waals surface area contributed by atoms with Crippen molar-refractivity contribution >= 4 is 29.3 Å². The van der Waals surface area contributed by atoms with Gasteiger partial charge in [-0.05, 0) is 13.1 Å². The minimum atomic E-state index is 0.333. The fourth-order valence-electron chi connectivity index (χ4n) is 0.864. The van der Waals surface area contributed by atoms with Gasteiger partial charge in [0.2, 0.25) is 0 Å². The van der Waals surface area contributed by atoms with Gasteiger partial charge in [-0.25, -0.2) is 0 Å². The maximum atomic E-state index is 5.20. The van der Waals surface area contributed by atoms with Gasteiger partial charge in [0.05, 0.1) is 12.6 Å². The monoisotopic (exact) mass is 239 g/mol. The molecule has 0 saturated carbocycles. The molecule has 0 amide bonds. The van der Waals surface area contributed by atoms with Gasteiger partial charge >= 0.3 is 0 Å². The molecule has 1 aliphatic heterocycles. The summed E-state index contributed by atoms with van der Waals surface area (Å²) in [5.74, 6) is 0. The highest BCUT2D eigenvalue weighted by Gasteiger charge is 2.20. The Morgan fingerprint density at radius 2 is 2.44 bits per heavy atom. The van der Waals surface area contributed by atoms with Crippen LogP contribution in [0.15, 0.2) is 4.99 Å². The van der Waals surface area contributed by atoms with Crippen molar-refractivity contribution in [2.75, 3.05) is 13.2 Å². The molecular weight excluding hydrogens is 229 g/mol. The fraction of sp³-hybridized carbons (Fsp3) is 0.833. The Hall–Kier alpha value is 0.360. The molecule has 52 valence electrons. The predicted octanol–water partition coefficient (Wildman–Crippen LogP) is 1.28. The third-order valence-electron chi connectivity index (χ3n) is 1.48. The van der Waals surface area contributed by atoms with Crippen LogP contribution in [-0.4, -0.2) is 29.9 Å². The standard InChI is InChI=1S/C6H10INO/c1-8-6-4-9-3-2-5(6)7/h5-6H,1-4H2/t5-,6+/m1/s1. The smallest absolute Gasteiger partial charge is 0.0843 e. The lowest BCUT2D eigenvalue weighted by molar-refractivity contribution is 0.0893. The summed E-state index contributed by atoms with van der Waals surface area (Å²) in [6, 6.07) is 0.333. The molecule has 0 N–H and O–H groups in total. The Kier molecular flexibility index (Phi) is 2.91. The van der Waals surface area contributed by atoms with Gasteiger partial charge in [-0.2, -0.15) is 0 Å². The summed E-state index contributed by atoms with van der Waals surface area (Å²) in [6.45, 7) is 5.15. The lowest BCUT2D eigenvalue weighted by atomic mass is 10.1. The zero-order chi connectivity index (χ0) is 6.69. The maximum absolute atomic E-state index is 5.20. The zero-order valence-electron chi connectivity index (χ0n) is 5.22. The van der Waals surface area contributed by atoms with Crippen molar-refractivity contribution in [3.8, 4) is 0 Å². The first-order valence-electron chi connectivity index (χ1n) is 3.02. The summed E-state index contributed by atoms with van der Waals surface area (Å²) in [5, 5.41) is 0. The highest BCUT2D eigenvalue weighted by atomic mass is 127. The van der Waals surface area contributed by atoms with Crippen LogP contribution in [0.1, 0.15) is 6.42 Å². The minimum Gasteiger partial charge on any atom is -0.379 e. The molecule has 0 unspecified atom stereocenters. The molecule has 1 fully saturated rings. The van der Waals surface area contributed by atoms with Crippen molar-refractivity contribution in [3.05, 3.63) is 0 Å². The van der Waals surface area contributed by atoms with Gasteiger partial charge in [0.25, 0.3) is 0 Å². The summed E-state index contributed by atoms with van der Waals surface area (Å²) in [6.07, 6.45) is 1.12. The number of ether oxygens (including phenoxy) is 1. The van der Waals surface area contributed by atoms with Crippen LogP contribution in [0, 0.1) is 0 Å². The van der Waals surface area contributed by atoms with E-state index in [1.54, 1.807) is 0 Å². The molecule has 0 aromatic rings.